The first-order valence-corrected chi connectivity index (χ1v) is 10.7. The molecule has 140 valence electrons. The molecule has 0 saturated heterocycles. The van der Waals surface area contributed by atoms with Gasteiger partial charge in [0.15, 0.2) is 9.84 Å². The van der Waals surface area contributed by atoms with E-state index >= 15 is 0 Å². The summed E-state index contributed by atoms with van der Waals surface area (Å²) in [4.78, 5) is 12.0. The van der Waals surface area contributed by atoms with Gasteiger partial charge in [0.2, 0.25) is 0 Å². The summed E-state index contributed by atoms with van der Waals surface area (Å²) < 4.78 is 29.1. The van der Waals surface area contributed by atoms with Crippen molar-refractivity contribution in [2.45, 2.75) is 37.8 Å². The Bertz CT molecular complexity index is 900. The van der Waals surface area contributed by atoms with Crippen molar-refractivity contribution in [3.63, 3.8) is 0 Å². The van der Waals surface area contributed by atoms with E-state index in [0.29, 0.717) is 0 Å². The average Bonchev–Trinajstić information content (AvgIpc) is 2.51. The van der Waals surface area contributed by atoms with Crippen LogP contribution < -0.4 is 5.32 Å². The van der Waals surface area contributed by atoms with Gasteiger partial charge in [-0.15, -0.1) is 0 Å². The van der Waals surface area contributed by atoms with E-state index in [0.717, 1.165) is 21.2 Å². The fraction of sp³-hybridized carbons (Fsp3) is 0.316. The Kier molecular flexibility index (Phi) is 6.13. The summed E-state index contributed by atoms with van der Waals surface area (Å²) in [5.41, 5.74) is 2.32. The lowest BCUT2D eigenvalue weighted by molar-refractivity contribution is 0.131. The molecule has 0 aliphatic rings. The van der Waals surface area contributed by atoms with Crippen LogP contribution in [0, 0.1) is 0 Å². The Hall–Kier alpha value is -1.86. The highest BCUT2D eigenvalue weighted by atomic mass is 79.9. The molecule has 5 nitrogen and oxygen atoms in total. The quantitative estimate of drug-likeness (QED) is 0.758. The second kappa shape index (κ2) is 7.80. The summed E-state index contributed by atoms with van der Waals surface area (Å²) in [5, 5.41) is 2.74. The van der Waals surface area contributed by atoms with E-state index in [1.165, 1.54) is 6.26 Å². The van der Waals surface area contributed by atoms with Crippen LogP contribution in [-0.2, 0) is 21.2 Å². The average molecular weight is 440 g/mol. The minimum absolute atomic E-state index is 0.149. The maximum atomic E-state index is 11.7. The maximum Gasteiger partial charge on any atom is 0.407 e. The van der Waals surface area contributed by atoms with Gasteiger partial charge in [0.25, 0.3) is 0 Å². The zero-order chi connectivity index (χ0) is 19.5. The van der Waals surface area contributed by atoms with E-state index in [1.54, 1.807) is 24.3 Å². The van der Waals surface area contributed by atoms with Crippen LogP contribution in [0.5, 0.6) is 0 Å². The number of sulfone groups is 1. The topological polar surface area (TPSA) is 72.5 Å². The fourth-order valence-electron chi connectivity index (χ4n) is 2.22. The summed E-state index contributed by atoms with van der Waals surface area (Å²) in [6.45, 7) is 5.80. The number of hydrogen-bond donors (Lipinski definition) is 1. The first-order chi connectivity index (χ1) is 12.0. The van der Waals surface area contributed by atoms with Gasteiger partial charge in [-0.1, -0.05) is 40.2 Å². The molecule has 0 aliphatic carbocycles. The number of carbonyl (C=O) groups is 1. The lowest BCUT2D eigenvalue weighted by atomic mass is 10.0. The molecular weight excluding hydrogens is 418 g/mol. The number of benzene rings is 2. The van der Waals surface area contributed by atoms with Crippen LogP contribution in [0.2, 0.25) is 0 Å². The molecule has 0 aromatic heterocycles. The molecule has 0 atom stereocenters. The molecular formula is C19H22BrNO4S. The summed E-state index contributed by atoms with van der Waals surface area (Å²) in [5.74, 6) is 0. The maximum absolute atomic E-state index is 11.7. The highest BCUT2D eigenvalue weighted by molar-refractivity contribution is 9.10. The molecule has 0 aliphatic heterocycles. The Morgan fingerprint density at radius 1 is 1.08 bits per heavy atom. The Morgan fingerprint density at radius 3 is 2.15 bits per heavy atom. The molecule has 1 N–H and O–H groups in total. The molecule has 0 bridgehead atoms. The predicted molar refractivity (Wildman–Crippen MR) is 106 cm³/mol. The van der Waals surface area contributed by atoms with E-state index in [4.69, 9.17) is 4.74 Å². The van der Waals surface area contributed by atoms with Crippen molar-refractivity contribution in [2.75, 3.05) is 6.26 Å². The molecule has 0 radical (unpaired) electrons. The van der Waals surface area contributed by atoms with E-state index in [1.807, 2.05) is 39.0 Å². The van der Waals surface area contributed by atoms with Crippen molar-refractivity contribution in [3.8, 4) is 11.1 Å². The summed E-state index contributed by atoms with van der Waals surface area (Å²) >= 11 is 3.49. The van der Waals surface area contributed by atoms with Crippen molar-refractivity contribution in [3.05, 3.63) is 52.5 Å². The van der Waals surface area contributed by atoms with E-state index in [-0.39, 0.29) is 17.0 Å². The smallest absolute Gasteiger partial charge is 0.407 e. The van der Waals surface area contributed by atoms with Gasteiger partial charge in [0, 0.05) is 21.8 Å². The number of nitrogens with one attached hydrogen (secondary N) is 1. The Labute approximate surface area is 162 Å². The number of carbonyl (C=O) groups excluding carboxylic acids is 1. The van der Waals surface area contributed by atoms with Crippen LogP contribution in [0.3, 0.4) is 0 Å². The van der Waals surface area contributed by atoms with Crippen molar-refractivity contribution in [1.29, 1.82) is 0 Å². The first-order valence-electron chi connectivity index (χ1n) is 7.99. The van der Waals surface area contributed by atoms with Gasteiger partial charge in [-0.25, -0.2) is 13.2 Å². The van der Waals surface area contributed by atoms with Crippen molar-refractivity contribution < 1.29 is 17.9 Å². The van der Waals surface area contributed by atoms with E-state index in [2.05, 4.69) is 21.2 Å². The number of amides is 1. The second-order valence-corrected chi connectivity index (χ2v) is 9.92. The second-order valence-electron chi connectivity index (χ2n) is 7.05. The number of hydrogen-bond acceptors (Lipinski definition) is 4. The largest absolute Gasteiger partial charge is 0.445 e. The number of ether oxygens (including phenoxy) is 1. The minimum Gasteiger partial charge on any atom is -0.445 e. The van der Waals surface area contributed by atoms with Crippen molar-refractivity contribution >= 4 is 31.9 Å². The molecule has 0 unspecified atom stereocenters. The molecule has 0 fully saturated rings. The van der Waals surface area contributed by atoms with E-state index < -0.39 is 15.9 Å². The normalized spacial score (nSPS) is 11.9. The SMILES string of the molecule is CC(C)(C)NC(=O)OCc1ccc(-c2ccc(S(C)(=O)=O)cc2)cc1Br. The molecule has 0 spiro atoms. The number of alkyl carbamates (subject to hydrolysis) is 1. The van der Waals surface area contributed by atoms with Gasteiger partial charge in [0.1, 0.15) is 6.61 Å². The minimum atomic E-state index is -3.21. The Morgan fingerprint density at radius 2 is 1.65 bits per heavy atom. The van der Waals surface area contributed by atoms with Crippen LogP contribution in [0.1, 0.15) is 26.3 Å². The summed E-state index contributed by atoms with van der Waals surface area (Å²) in [6, 6.07) is 12.4. The number of rotatable bonds is 4. The summed E-state index contributed by atoms with van der Waals surface area (Å²) in [7, 11) is -3.21. The van der Waals surface area contributed by atoms with Gasteiger partial charge in [0.05, 0.1) is 4.90 Å². The van der Waals surface area contributed by atoms with Gasteiger partial charge >= 0.3 is 6.09 Å². The molecule has 0 heterocycles. The predicted octanol–water partition coefficient (Wildman–Crippen LogP) is 4.54. The van der Waals surface area contributed by atoms with E-state index in [9.17, 15) is 13.2 Å². The molecule has 7 heteroatoms. The molecule has 1 amide bonds. The van der Waals surface area contributed by atoms with Gasteiger partial charge in [-0.3, -0.25) is 0 Å². The third-order valence-electron chi connectivity index (χ3n) is 3.50. The van der Waals surface area contributed by atoms with Crippen LogP contribution >= 0.6 is 15.9 Å². The zero-order valence-corrected chi connectivity index (χ0v) is 17.6. The molecule has 2 rings (SSSR count). The highest BCUT2D eigenvalue weighted by Gasteiger charge is 2.15. The van der Waals surface area contributed by atoms with Gasteiger partial charge in [-0.05, 0) is 50.1 Å². The summed E-state index contributed by atoms with van der Waals surface area (Å²) in [6.07, 6.45) is 0.716. The third-order valence-corrected chi connectivity index (χ3v) is 5.37. The molecule has 2 aromatic carbocycles. The monoisotopic (exact) mass is 439 g/mol. The number of halogens is 1. The van der Waals surface area contributed by atoms with Crippen molar-refractivity contribution in [2.24, 2.45) is 0 Å². The highest BCUT2D eigenvalue weighted by Crippen LogP contribution is 2.27. The first kappa shape index (κ1) is 20.5. The van der Waals surface area contributed by atoms with Crippen molar-refractivity contribution in [1.82, 2.24) is 5.32 Å². The lowest BCUT2D eigenvalue weighted by Crippen LogP contribution is -2.40. The fourth-order valence-corrected chi connectivity index (χ4v) is 3.35. The van der Waals surface area contributed by atoms with Crippen LogP contribution in [0.4, 0.5) is 4.79 Å². The molecule has 0 saturated carbocycles. The van der Waals surface area contributed by atoms with Crippen LogP contribution in [0.15, 0.2) is 51.8 Å². The molecule has 2 aromatic rings. The zero-order valence-electron chi connectivity index (χ0n) is 15.2. The standard InChI is InChI=1S/C19H22BrNO4S/c1-19(2,3)21-18(22)25-12-15-6-5-14(11-17(15)20)13-7-9-16(10-8-13)26(4,23)24/h5-11H,12H2,1-4H3,(H,21,22). The van der Waals surface area contributed by atoms with Crippen LogP contribution in [-0.4, -0.2) is 26.3 Å². The van der Waals surface area contributed by atoms with Crippen LogP contribution in [0.25, 0.3) is 11.1 Å². The third kappa shape index (κ3) is 5.85. The Balaban J connectivity index is 2.11. The lowest BCUT2D eigenvalue weighted by Gasteiger charge is -2.20. The molecule has 26 heavy (non-hydrogen) atoms. The van der Waals surface area contributed by atoms with Gasteiger partial charge in [-0.2, -0.15) is 0 Å². The van der Waals surface area contributed by atoms with Gasteiger partial charge < -0.3 is 10.1 Å².